The number of rotatable bonds is 6. The highest BCUT2D eigenvalue weighted by Gasteiger charge is 2.30. The van der Waals surface area contributed by atoms with E-state index in [9.17, 15) is 18.0 Å². The summed E-state index contributed by atoms with van der Waals surface area (Å²) in [5.74, 6) is 0.188. The molecular weight excluding hydrogens is 474 g/mol. The summed E-state index contributed by atoms with van der Waals surface area (Å²) in [4.78, 5) is 28.7. The number of sulfonamides is 1. The van der Waals surface area contributed by atoms with Crippen molar-refractivity contribution < 1.29 is 27.3 Å². The van der Waals surface area contributed by atoms with Gasteiger partial charge in [-0.05, 0) is 30.3 Å². The Morgan fingerprint density at radius 2 is 1.91 bits per heavy atom. The third kappa shape index (κ3) is 4.91. The molecule has 0 bridgehead atoms. The van der Waals surface area contributed by atoms with E-state index < -0.39 is 10.0 Å². The maximum Gasteiger partial charge on any atom is 0.265 e. The summed E-state index contributed by atoms with van der Waals surface area (Å²) in [6, 6.07) is 8.71. The normalized spacial score (nSPS) is 13.3. The number of carbonyl (C=O) groups excluding carboxylic acids is 2. The number of anilines is 3. The van der Waals surface area contributed by atoms with Crippen LogP contribution in [-0.4, -0.2) is 37.0 Å². The lowest BCUT2D eigenvalue weighted by atomic mass is 10.2. The Balaban J connectivity index is 1.61. The minimum atomic E-state index is -4.09. The first-order chi connectivity index (χ1) is 15.6. The van der Waals surface area contributed by atoms with Crippen LogP contribution < -0.4 is 19.7 Å². The molecule has 13 heteroatoms. The van der Waals surface area contributed by atoms with Crippen molar-refractivity contribution in [2.45, 2.75) is 25.3 Å². The van der Waals surface area contributed by atoms with Crippen LogP contribution in [0, 0.1) is 6.92 Å². The van der Waals surface area contributed by atoms with E-state index in [0.29, 0.717) is 11.6 Å². The van der Waals surface area contributed by atoms with E-state index in [-0.39, 0.29) is 57.8 Å². The molecule has 0 atom stereocenters. The largest absolute Gasteiger partial charge is 0.482 e. The van der Waals surface area contributed by atoms with Crippen molar-refractivity contribution in [2.75, 3.05) is 21.5 Å². The van der Waals surface area contributed by atoms with Gasteiger partial charge in [0.1, 0.15) is 10.6 Å². The first-order valence-electron chi connectivity index (χ1n) is 9.59. The van der Waals surface area contributed by atoms with Gasteiger partial charge in [-0.25, -0.2) is 8.42 Å². The van der Waals surface area contributed by atoms with Crippen molar-refractivity contribution in [3.63, 3.8) is 0 Å². The zero-order valence-electron chi connectivity index (χ0n) is 17.5. The average molecular weight is 492 g/mol. The quantitative estimate of drug-likeness (QED) is 0.535. The number of aryl methyl sites for hydroxylation is 1. The maximum absolute atomic E-state index is 13.0. The molecule has 0 unspecified atom stereocenters. The molecule has 4 rings (SSSR count). The van der Waals surface area contributed by atoms with Crippen LogP contribution >= 0.6 is 11.6 Å². The van der Waals surface area contributed by atoms with Gasteiger partial charge in [0.15, 0.2) is 12.4 Å². The van der Waals surface area contributed by atoms with Gasteiger partial charge in [0.05, 0.1) is 17.3 Å². The minimum absolute atomic E-state index is 0.00779. The number of nitrogens with zero attached hydrogens (tertiary/aromatic N) is 3. The third-order valence-corrected chi connectivity index (χ3v) is 6.42. The standard InChI is InChI=1S/C20H18ClN5O6S/c1-11(27)22-13-3-5-14(6-4-13)25-33(29,30)18-8-17-16(7-15(18)21)26(20(28)10-31-17)9-19-23-12(2)32-24-19/h3-8,25H,9-10H2,1-2H3,(H,22,27). The summed E-state index contributed by atoms with van der Waals surface area (Å²) in [6.45, 7) is 2.71. The highest BCUT2D eigenvalue weighted by atomic mass is 35.5. The van der Waals surface area contributed by atoms with Crippen LogP contribution in [0.15, 0.2) is 45.8 Å². The second-order valence-corrected chi connectivity index (χ2v) is 9.17. The summed E-state index contributed by atoms with van der Waals surface area (Å²) in [5.41, 5.74) is 1.08. The Bertz CT molecular complexity index is 1340. The van der Waals surface area contributed by atoms with Gasteiger partial charge in [0, 0.05) is 31.3 Å². The molecule has 1 aliphatic heterocycles. The number of nitrogens with one attached hydrogen (secondary N) is 2. The van der Waals surface area contributed by atoms with Gasteiger partial charge in [0.25, 0.3) is 15.9 Å². The van der Waals surface area contributed by atoms with Gasteiger partial charge in [-0.2, -0.15) is 4.98 Å². The molecule has 1 aliphatic rings. The van der Waals surface area contributed by atoms with Gasteiger partial charge in [-0.1, -0.05) is 16.8 Å². The fourth-order valence-electron chi connectivity index (χ4n) is 3.16. The molecule has 2 N–H and O–H groups in total. The van der Waals surface area contributed by atoms with Crippen molar-refractivity contribution in [3.05, 3.63) is 53.1 Å². The van der Waals surface area contributed by atoms with E-state index in [1.54, 1.807) is 19.1 Å². The molecule has 11 nitrogen and oxygen atoms in total. The summed E-state index contributed by atoms with van der Waals surface area (Å²) in [5, 5.41) is 6.27. The molecule has 0 saturated carbocycles. The summed E-state index contributed by atoms with van der Waals surface area (Å²) in [6.07, 6.45) is 0. The number of benzene rings is 2. The molecule has 0 radical (unpaired) electrons. The van der Waals surface area contributed by atoms with Gasteiger partial charge < -0.3 is 14.6 Å². The zero-order valence-corrected chi connectivity index (χ0v) is 19.0. The van der Waals surface area contributed by atoms with E-state index in [2.05, 4.69) is 20.2 Å². The smallest absolute Gasteiger partial charge is 0.265 e. The number of aromatic nitrogens is 2. The summed E-state index contributed by atoms with van der Waals surface area (Å²) in [7, 11) is -4.09. The second kappa shape index (κ2) is 8.71. The fraction of sp³-hybridized carbons (Fsp3) is 0.200. The predicted molar refractivity (Wildman–Crippen MR) is 119 cm³/mol. The summed E-state index contributed by atoms with van der Waals surface area (Å²) >= 11 is 6.30. The van der Waals surface area contributed by atoms with Crippen molar-refractivity contribution in [2.24, 2.45) is 0 Å². The molecule has 2 amide bonds. The second-order valence-electron chi connectivity index (χ2n) is 7.11. The van der Waals surface area contributed by atoms with Crippen molar-refractivity contribution in [1.82, 2.24) is 10.1 Å². The van der Waals surface area contributed by atoms with Crippen molar-refractivity contribution >= 4 is 50.5 Å². The lowest BCUT2D eigenvalue weighted by molar-refractivity contribution is -0.121. The van der Waals surface area contributed by atoms with E-state index in [4.69, 9.17) is 20.9 Å². The van der Waals surface area contributed by atoms with Gasteiger partial charge in [-0.15, -0.1) is 0 Å². The van der Waals surface area contributed by atoms with Crippen LogP contribution in [-0.2, 0) is 26.2 Å². The number of amides is 2. The molecule has 0 fully saturated rings. The molecule has 0 saturated heterocycles. The highest BCUT2D eigenvalue weighted by molar-refractivity contribution is 7.92. The molecule has 1 aromatic heterocycles. The van der Waals surface area contributed by atoms with Gasteiger partial charge >= 0.3 is 0 Å². The SMILES string of the molecule is CC(=O)Nc1ccc(NS(=O)(=O)c2cc3c(cc2Cl)N(Cc2noc(C)n2)C(=O)CO3)cc1. The Morgan fingerprint density at radius 1 is 1.21 bits per heavy atom. The Morgan fingerprint density at radius 3 is 2.55 bits per heavy atom. The highest BCUT2D eigenvalue weighted by Crippen LogP contribution is 2.39. The van der Waals surface area contributed by atoms with E-state index in [0.717, 1.165) is 0 Å². The van der Waals surface area contributed by atoms with Crippen LogP contribution in [0.25, 0.3) is 0 Å². The minimum Gasteiger partial charge on any atom is -0.482 e. The summed E-state index contributed by atoms with van der Waals surface area (Å²) < 4.78 is 38.8. The van der Waals surface area contributed by atoms with Crippen molar-refractivity contribution in [3.8, 4) is 5.75 Å². The lowest BCUT2D eigenvalue weighted by Gasteiger charge is -2.29. The maximum atomic E-state index is 13.0. The number of hydrogen-bond acceptors (Lipinski definition) is 8. The lowest BCUT2D eigenvalue weighted by Crippen LogP contribution is -2.38. The first-order valence-corrected chi connectivity index (χ1v) is 11.4. The van der Waals surface area contributed by atoms with Crippen LogP contribution in [0.1, 0.15) is 18.6 Å². The third-order valence-electron chi connectivity index (χ3n) is 4.57. The van der Waals surface area contributed by atoms with E-state index in [1.807, 2.05) is 0 Å². The number of carbonyl (C=O) groups is 2. The molecule has 3 aromatic rings. The molecule has 2 heterocycles. The number of halogens is 1. The van der Waals surface area contributed by atoms with E-state index >= 15 is 0 Å². The van der Waals surface area contributed by atoms with Crippen LogP contribution in [0.2, 0.25) is 5.02 Å². The van der Waals surface area contributed by atoms with Gasteiger partial charge in [-0.3, -0.25) is 19.2 Å². The number of ether oxygens (including phenoxy) is 1. The average Bonchev–Trinajstić information content (AvgIpc) is 3.15. The molecule has 2 aromatic carbocycles. The van der Waals surface area contributed by atoms with Crippen LogP contribution in [0.5, 0.6) is 5.75 Å². The first kappa shape index (κ1) is 22.6. The molecule has 33 heavy (non-hydrogen) atoms. The number of hydrogen-bond donors (Lipinski definition) is 2. The zero-order chi connectivity index (χ0) is 23.8. The Hall–Kier alpha value is -3.64. The van der Waals surface area contributed by atoms with Crippen LogP contribution in [0.4, 0.5) is 17.1 Å². The fourth-order valence-corrected chi connectivity index (χ4v) is 4.76. The van der Waals surface area contributed by atoms with Crippen LogP contribution in [0.3, 0.4) is 0 Å². The Labute approximate surface area is 193 Å². The van der Waals surface area contributed by atoms with E-state index in [1.165, 1.54) is 36.1 Å². The molecule has 0 spiro atoms. The molecule has 172 valence electrons. The topological polar surface area (TPSA) is 144 Å². The number of fused-ring (bicyclic) bond motifs is 1. The molecule has 0 aliphatic carbocycles. The van der Waals surface area contributed by atoms with Crippen molar-refractivity contribution in [1.29, 1.82) is 0 Å². The Kier molecular flexibility index (Phi) is 5.95. The van der Waals surface area contributed by atoms with Gasteiger partial charge in [0.2, 0.25) is 11.8 Å². The predicted octanol–water partition coefficient (Wildman–Crippen LogP) is 2.72. The monoisotopic (exact) mass is 491 g/mol. The molecular formula is C20H18ClN5O6S.